The molecule has 0 bridgehead atoms. The van der Waals surface area contributed by atoms with Gasteiger partial charge in [0.25, 0.3) is 5.91 Å². The van der Waals surface area contributed by atoms with Crippen LogP contribution in [0.3, 0.4) is 0 Å². The van der Waals surface area contributed by atoms with Crippen molar-refractivity contribution in [2.24, 2.45) is 5.73 Å². The molecule has 0 spiro atoms. The van der Waals surface area contributed by atoms with Crippen molar-refractivity contribution in [3.8, 4) is 22.6 Å². The van der Waals surface area contributed by atoms with E-state index in [0.29, 0.717) is 23.2 Å². The van der Waals surface area contributed by atoms with E-state index in [4.69, 9.17) is 20.4 Å². The molecule has 0 atom stereocenters. The molecule has 9 nitrogen and oxygen atoms in total. The Morgan fingerprint density at radius 2 is 1.83 bits per heavy atom. The number of fused-ring (bicyclic) bond motifs is 2. The topological polar surface area (TPSA) is 112 Å². The van der Waals surface area contributed by atoms with Crippen molar-refractivity contribution >= 4 is 17.4 Å². The molecule has 35 heavy (non-hydrogen) atoms. The zero-order chi connectivity index (χ0) is 24.0. The second kappa shape index (κ2) is 14.7. The van der Waals surface area contributed by atoms with Gasteiger partial charge in [0.05, 0.1) is 11.9 Å². The van der Waals surface area contributed by atoms with E-state index < -0.39 is 5.91 Å². The van der Waals surface area contributed by atoms with E-state index in [2.05, 4.69) is 21.2 Å². The molecule has 10 heteroatoms. The Labute approximate surface area is 250 Å². The maximum Gasteiger partial charge on any atom is 1.00 e. The molecule has 3 N–H and O–H groups in total. The number of nitrogens with zero attached hydrogens (tertiary/aromatic N) is 5. The number of ether oxygens (including phenoxy) is 1. The minimum absolute atomic E-state index is 0. The van der Waals surface area contributed by atoms with Gasteiger partial charge in [-0.3, -0.25) is 4.79 Å². The predicted octanol–water partition coefficient (Wildman–Crippen LogP) is 1.70. The van der Waals surface area contributed by atoms with Crippen LogP contribution in [0.25, 0.3) is 28.3 Å². The van der Waals surface area contributed by atoms with E-state index in [1.165, 1.54) is 6.20 Å². The molecule has 2 aromatic rings. The van der Waals surface area contributed by atoms with Gasteiger partial charge in [-0.05, 0) is 25.0 Å². The summed E-state index contributed by atoms with van der Waals surface area (Å²) in [5.41, 5.74) is 8.82. The first-order valence-corrected chi connectivity index (χ1v) is 11.6. The van der Waals surface area contributed by atoms with Crippen LogP contribution in [0.15, 0.2) is 36.8 Å². The van der Waals surface area contributed by atoms with E-state index in [1.807, 2.05) is 52.1 Å². The average Bonchev–Trinajstić information content (AvgIpc) is 3.51. The van der Waals surface area contributed by atoms with Crippen molar-refractivity contribution in [3.63, 3.8) is 0 Å². The van der Waals surface area contributed by atoms with Crippen molar-refractivity contribution in [1.82, 2.24) is 24.1 Å². The van der Waals surface area contributed by atoms with Crippen molar-refractivity contribution in [3.05, 3.63) is 49.8 Å². The quantitative estimate of drug-likeness (QED) is 0.322. The number of carbonyl (C=O) groups excluding carboxylic acids is 1. The maximum absolute atomic E-state index is 11.8. The molecule has 0 saturated carbocycles. The smallest absolute Gasteiger partial charge is 0.381 e. The number of nitrogens with one attached hydrogen (secondary N) is 1. The molecule has 3 aliphatic heterocycles. The minimum atomic E-state index is -0.561. The van der Waals surface area contributed by atoms with Crippen molar-refractivity contribution in [2.75, 3.05) is 25.6 Å². The molecule has 0 radical (unpaired) electrons. The Morgan fingerprint density at radius 1 is 1.14 bits per heavy atom. The Balaban J connectivity index is 0.000000973. The summed E-state index contributed by atoms with van der Waals surface area (Å²) in [6.07, 6.45) is 7.29. The molecule has 1 fully saturated rings. The van der Waals surface area contributed by atoms with Crippen LogP contribution in [0.5, 0.6) is 0 Å². The van der Waals surface area contributed by atoms with E-state index in [9.17, 15) is 4.79 Å². The predicted molar refractivity (Wildman–Crippen MR) is 137 cm³/mol. The summed E-state index contributed by atoms with van der Waals surface area (Å²) >= 11 is 0. The fourth-order valence-corrected chi connectivity index (χ4v) is 3.97. The second-order valence-electron chi connectivity index (χ2n) is 7.10. The van der Waals surface area contributed by atoms with Gasteiger partial charge >= 0.3 is 51.4 Å². The summed E-state index contributed by atoms with van der Waals surface area (Å²) in [5.74, 6) is 1.07. The van der Waals surface area contributed by atoms with E-state index in [1.54, 1.807) is 11.6 Å². The van der Waals surface area contributed by atoms with Gasteiger partial charge < -0.3 is 27.8 Å². The van der Waals surface area contributed by atoms with Crippen LogP contribution >= 0.6 is 0 Å². The summed E-state index contributed by atoms with van der Waals surface area (Å²) in [5, 5.41) is 7.33. The molecule has 0 aromatic carbocycles. The van der Waals surface area contributed by atoms with Crippen molar-refractivity contribution in [2.45, 2.75) is 46.6 Å². The zero-order valence-electron chi connectivity index (χ0n) is 22.0. The number of hydrogen-bond donors (Lipinski definition) is 2. The molecule has 184 valence electrons. The molecule has 2 aromatic heterocycles. The first-order valence-electron chi connectivity index (χ1n) is 11.6. The number of amides is 1. The number of rotatable bonds is 4. The Kier molecular flexibility index (Phi) is 13.1. The summed E-state index contributed by atoms with van der Waals surface area (Å²) < 4.78 is 9.30. The van der Waals surface area contributed by atoms with Gasteiger partial charge in [-0.15, -0.1) is 0 Å². The Morgan fingerprint density at radius 3 is 2.46 bits per heavy atom. The molecule has 1 amide bonds. The van der Waals surface area contributed by atoms with Crippen LogP contribution in [0.1, 0.15) is 56.9 Å². The number of carbonyl (C=O) groups is 1. The zero-order valence-corrected chi connectivity index (χ0v) is 25.1. The number of anilines is 1. The molecular weight excluding hydrogens is 469 g/mol. The van der Waals surface area contributed by atoms with Crippen LogP contribution in [0.2, 0.25) is 0 Å². The van der Waals surface area contributed by atoms with Gasteiger partial charge in [0.2, 0.25) is 0 Å². The number of nitrogens with two attached hydrogens (primary N) is 1. The molecule has 0 unspecified atom stereocenters. The third kappa shape index (κ3) is 6.30. The number of primary amides is 1. The Bertz CT molecular complexity index is 1180. The monoisotopic (exact) mass is 505 g/mol. The summed E-state index contributed by atoms with van der Waals surface area (Å²) in [7, 11) is 1.80. The second-order valence-corrected chi connectivity index (χ2v) is 7.10. The first kappa shape index (κ1) is 31.2. The van der Waals surface area contributed by atoms with Gasteiger partial charge in [-0.1, -0.05) is 27.7 Å². The third-order valence-corrected chi connectivity index (χ3v) is 5.45. The molecule has 5 rings (SSSR count). The largest absolute Gasteiger partial charge is 1.00 e. The minimum Gasteiger partial charge on any atom is -0.381 e. The average molecular weight is 506 g/mol. The van der Waals surface area contributed by atoms with Gasteiger partial charge in [0.1, 0.15) is 17.2 Å². The van der Waals surface area contributed by atoms with E-state index in [0.717, 1.165) is 43.0 Å². The van der Waals surface area contributed by atoms with Gasteiger partial charge in [-0.2, -0.15) is 9.61 Å². The first-order chi connectivity index (χ1) is 16.2. The molecular formula is C25H36KN7O2. The normalized spacial score (nSPS) is 12.9. The third-order valence-electron chi connectivity index (χ3n) is 5.45. The van der Waals surface area contributed by atoms with Crippen molar-refractivity contribution < 1.29 is 60.9 Å². The molecule has 3 aliphatic rings. The fraction of sp³-hybridized carbons (Fsp3) is 0.400. The molecule has 5 heterocycles. The van der Waals surface area contributed by atoms with Gasteiger partial charge in [-0.25, -0.2) is 9.97 Å². The molecule has 0 aliphatic carbocycles. The van der Waals surface area contributed by atoms with Crippen molar-refractivity contribution in [1.29, 1.82) is 0 Å². The van der Waals surface area contributed by atoms with Crippen LogP contribution in [-0.2, 0) is 4.74 Å². The van der Waals surface area contributed by atoms with Crippen LogP contribution in [-0.4, -0.2) is 50.3 Å². The number of pyridine rings is 1. The van der Waals surface area contributed by atoms with Crippen LogP contribution in [0.4, 0.5) is 5.82 Å². The number of hydrogen-bond acceptors (Lipinski definition) is 6. The number of aromatic nitrogens is 5. The fourth-order valence-electron chi connectivity index (χ4n) is 3.97. The standard InChI is InChI=1S/C20H21N7O2.2C2H6.CH3.K/c1-22-17-9-16(25-20-15(18(21)28)11-24-27(17)20)14-10-23-19-13(14)3-2-6-26(19)12-4-7-29-8-5-12;2*1-2;;/h2-3,6,9-12,22H,4-5,7-8H2,1H3,(H2,21,28);2*1-2H3;1H3;/q;;;-1;+1. The van der Waals surface area contributed by atoms with E-state index >= 15 is 0 Å². The maximum atomic E-state index is 11.8. The summed E-state index contributed by atoms with van der Waals surface area (Å²) in [6.45, 7) is 9.53. The van der Waals surface area contributed by atoms with Crippen LogP contribution < -0.4 is 62.4 Å². The van der Waals surface area contributed by atoms with Gasteiger partial charge in [0.15, 0.2) is 5.65 Å². The van der Waals surface area contributed by atoms with E-state index in [-0.39, 0.29) is 64.4 Å². The summed E-state index contributed by atoms with van der Waals surface area (Å²) in [4.78, 5) is 21.2. The summed E-state index contributed by atoms with van der Waals surface area (Å²) in [6, 6.07) is 6.35. The van der Waals surface area contributed by atoms with Gasteiger partial charge in [0, 0.05) is 55.9 Å². The Hall–Kier alpha value is -1.82. The van der Waals surface area contributed by atoms with Crippen LogP contribution in [0, 0.1) is 7.43 Å². The SMILES string of the molecule is CC.CC.CNc1cc(-c2cnc3n(C4CCOCC4)cccc2-3)nc2c(C(N)=O)cnn12.[CH3-].[K+]. The molecule has 1 saturated heterocycles.